The molecule has 5 nitrogen and oxygen atoms in total. The lowest BCUT2D eigenvalue weighted by Gasteiger charge is -2.37. The first-order valence-corrected chi connectivity index (χ1v) is 6.86. The second-order valence-corrected chi connectivity index (χ2v) is 5.24. The maximum absolute atomic E-state index is 12.3. The number of nitrogens with zero attached hydrogens (tertiary/aromatic N) is 4. The zero-order valence-corrected chi connectivity index (χ0v) is 10.7. The molecule has 0 saturated carbocycles. The Labute approximate surface area is 107 Å². The number of imidazole rings is 1. The monoisotopic (exact) mass is 248 g/mol. The zero-order valence-electron chi connectivity index (χ0n) is 10.7. The molecular weight excluding hydrogens is 228 g/mol. The van der Waals surface area contributed by atoms with E-state index in [1.807, 2.05) is 4.90 Å². The number of carbonyl (C=O) groups is 1. The largest absolute Gasteiger partial charge is 0.329 e. The van der Waals surface area contributed by atoms with Gasteiger partial charge in [-0.25, -0.2) is 9.78 Å². The molecule has 2 aliphatic rings. The van der Waals surface area contributed by atoms with Crippen molar-refractivity contribution in [2.75, 3.05) is 26.2 Å². The Hall–Kier alpha value is -1.36. The van der Waals surface area contributed by atoms with Gasteiger partial charge in [0.1, 0.15) is 6.33 Å². The number of hydrogen-bond donors (Lipinski definition) is 0. The number of rotatable bonds is 1. The second-order valence-electron chi connectivity index (χ2n) is 5.24. The molecule has 3 rings (SSSR count). The molecule has 3 heterocycles. The first-order chi connectivity index (χ1) is 8.84. The van der Waals surface area contributed by atoms with Crippen LogP contribution in [0.4, 0.5) is 4.79 Å². The Bertz CT molecular complexity index is 397. The van der Waals surface area contributed by atoms with Gasteiger partial charge in [-0.2, -0.15) is 0 Å². The van der Waals surface area contributed by atoms with E-state index in [1.54, 1.807) is 23.3 Å². The summed E-state index contributed by atoms with van der Waals surface area (Å²) < 4.78 is 1.58. The van der Waals surface area contributed by atoms with Crippen molar-refractivity contribution in [2.45, 2.75) is 31.7 Å². The van der Waals surface area contributed by atoms with Crippen molar-refractivity contribution in [3.05, 3.63) is 18.7 Å². The van der Waals surface area contributed by atoms with Crippen molar-refractivity contribution in [3.8, 4) is 0 Å². The quantitative estimate of drug-likeness (QED) is 0.754. The average Bonchev–Trinajstić information content (AvgIpc) is 3.11. The highest BCUT2D eigenvalue weighted by Gasteiger charge is 2.29. The molecule has 0 radical (unpaired) electrons. The summed E-state index contributed by atoms with van der Waals surface area (Å²) in [6.07, 6.45) is 9.93. The lowest BCUT2D eigenvalue weighted by Crippen LogP contribution is -2.49. The first kappa shape index (κ1) is 11.7. The molecule has 2 saturated heterocycles. The molecule has 0 spiro atoms. The Morgan fingerprint density at radius 2 is 2.00 bits per heavy atom. The Balaban J connectivity index is 1.64. The number of aromatic nitrogens is 2. The fourth-order valence-electron chi connectivity index (χ4n) is 3.07. The van der Waals surface area contributed by atoms with Crippen LogP contribution in [0.25, 0.3) is 0 Å². The molecule has 0 aliphatic carbocycles. The Morgan fingerprint density at radius 1 is 1.17 bits per heavy atom. The smallest absolute Gasteiger partial charge is 0.322 e. The number of likely N-dealkylation sites (tertiary alicyclic amines) is 2. The van der Waals surface area contributed by atoms with E-state index in [0.717, 1.165) is 19.5 Å². The van der Waals surface area contributed by atoms with E-state index in [0.29, 0.717) is 6.04 Å². The van der Waals surface area contributed by atoms with Crippen LogP contribution in [0.15, 0.2) is 18.7 Å². The lowest BCUT2D eigenvalue weighted by molar-refractivity contribution is 0.126. The lowest BCUT2D eigenvalue weighted by atomic mass is 10.0. The van der Waals surface area contributed by atoms with E-state index in [1.165, 1.54) is 32.4 Å². The molecule has 1 aromatic rings. The van der Waals surface area contributed by atoms with Crippen LogP contribution in [0.3, 0.4) is 0 Å². The van der Waals surface area contributed by atoms with Crippen LogP contribution in [0, 0.1) is 0 Å². The van der Waals surface area contributed by atoms with Gasteiger partial charge in [0.05, 0.1) is 0 Å². The van der Waals surface area contributed by atoms with E-state index in [4.69, 9.17) is 0 Å². The van der Waals surface area contributed by atoms with Gasteiger partial charge in [-0.05, 0) is 38.8 Å². The van der Waals surface area contributed by atoms with E-state index in [2.05, 4.69) is 9.88 Å². The first-order valence-electron chi connectivity index (χ1n) is 6.86. The van der Waals surface area contributed by atoms with Gasteiger partial charge in [-0.3, -0.25) is 9.47 Å². The summed E-state index contributed by atoms with van der Waals surface area (Å²) in [7, 11) is 0. The van der Waals surface area contributed by atoms with Gasteiger partial charge in [-0.15, -0.1) is 0 Å². The van der Waals surface area contributed by atoms with Crippen LogP contribution in [0.2, 0.25) is 0 Å². The van der Waals surface area contributed by atoms with E-state index in [-0.39, 0.29) is 6.03 Å². The molecule has 0 bridgehead atoms. The number of piperidine rings is 1. The van der Waals surface area contributed by atoms with Crippen molar-refractivity contribution in [2.24, 2.45) is 0 Å². The van der Waals surface area contributed by atoms with E-state index < -0.39 is 0 Å². The van der Waals surface area contributed by atoms with Gasteiger partial charge < -0.3 is 4.90 Å². The third kappa shape index (κ3) is 2.27. The Morgan fingerprint density at radius 3 is 2.72 bits per heavy atom. The van der Waals surface area contributed by atoms with Crippen molar-refractivity contribution in [1.29, 1.82) is 0 Å². The van der Waals surface area contributed by atoms with Gasteiger partial charge in [-0.1, -0.05) is 0 Å². The summed E-state index contributed by atoms with van der Waals surface area (Å²) in [5, 5.41) is 0. The zero-order chi connectivity index (χ0) is 12.4. The fourth-order valence-corrected chi connectivity index (χ4v) is 3.07. The van der Waals surface area contributed by atoms with Crippen molar-refractivity contribution in [3.63, 3.8) is 0 Å². The van der Waals surface area contributed by atoms with Crippen LogP contribution in [0.5, 0.6) is 0 Å². The molecule has 0 aromatic carbocycles. The third-order valence-electron chi connectivity index (χ3n) is 4.05. The summed E-state index contributed by atoms with van der Waals surface area (Å²) in [6.45, 7) is 4.16. The Kier molecular flexibility index (Phi) is 3.32. The number of amides is 1. The maximum atomic E-state index is 12.3. The van der Waals surface area contributed by atoms with Crippen molar-refractivity contribution >= 4 is 6.03 Å². The standard InChI is InChI=1S/C13H20N4O/c18-13(17-9-5-14-11-17)16-8-3-4-12(10-16)15-6-1-2-7-15/h5,9,11-12H,1-4,6-8,10H2. The fraction of sp³-hybridized carbons (Fsp3) is 0.692. The van der Waals surface area contributed by atoms with Crippen LogP contribution >= 0.6 is 0 Å². The number of hydrogen-bond acceptors (Lipinski definition) is 3. The average molecular weight is 248 g/mol. The van der Waals surface area contributed by atoms with Crippen LogP contribution in [0.1, 0.15) is 25.7 Å². The maximum Gasteiger partial charge on any atom is 0.329 e. The molecule has 1 aromatic heterocycles. The normalized spacial score (nSPS) is 25.6. The van der Waals surface area contributed by atoms with Gasteiger partial charge >= 0.3 is 6.03 Å². The minimum Gasteiger partial charge on any atom is -0.322 e. The third-order valence-corrected chi connectivity index (χ3v) is 4.05. The predicted molar refractivity (Wildman–Crippen MR) is 68.4 cm³/mol. The summed E-state index contributed by atoms with van der Waals surface area (Å²) in [4.78, 5) is 20.7. The predicted octanol–water partition coefficient (Wildman–Crippen LogP) is 1.41. The summed E-state index contributed by atoms with van der Waals surface area (Å²) >= 11 is 0. The molecule has 1 unspecified atom stereocenters. The molecular formula is C13H20N4O. The summed E-state index contributed by atoms with van der Waals surface area (Å²) in [6, 6.07) is 0.630. The molecule has 1 atom stereocenters. The van der Waals surface area contributed by atoms with Crippen LogP contribution in [-0.4, -0.2) is 57.6 Å². The second kappa shape index (κ2) is 5.10. The van der Waals surface area contributed by atoms with Gasteiger partial charge in [0.15, 0.2) is 0 Å². The van der Waals surface area contributed by atoms with Crippen LogP contribution in [-0.2, 0) is 0 Å². The van der Waals surface area contributed by atoms with Crippen molar-refractivity contribution < 1.29 is 4.79 Å². The van der Waals surface area contributed by atoms with E-state index >= 15 is 0 Å². The molecule has 5 heteroatoms. The highest BCUT2D eigenvalue weighted by molar-refractivity contribution is 5.76. The van der Waals surface area contributed by atoms with Crippen molar-refractivity contribution in [1.82, 2.24) is 19.4 Å². The molecule has 2 fully saturated rings. The highest BCUT2D eigenvalue weighted by atomic mass is 16.2. The minimum absolute atomic E-state index is 0.0661. The molecule has 98 valence electrons. The van der Waals surface area contributed by atoms with Gasteiger partial charge in [0, 0.05) is 31.5 Å². The highest BCUT2D eigenvalue weighted by Crippen LogP contribution is 2.20. The SMILES string of the molecule is O=C(N1CCCC(N2CCCC2)C1)n1ccnc1. The minimum atomic E-state index is 0.0661. The molecule has 0 N–H and O–H groups in total. The topological polar surface area (TPSA) is 41.4 Å². The van der Waals surface area contributed by atoms with Gasteiger partial charge in [0.25, 0.3) is 0 Å². The molecule has 18 heavy (non-hydrogen) atoms. The molecule has 2 aliphatic heterocycles. The van der Waals surface area contributed by atoms with Crippen LogP contribution < -0.4 is 0 Å². The molecule has 1 amide bonds. The van der Waals surface area contributed by atoms with Gasteiger partial charge in [0.2, 0.25) is 0 Å². The van der Waals surface area contributed by atoms with E-state index in [9.17, 15) is 4.79 Å². The summed E-state index contributed by atoms with van der Waals surface area (Å²) in [5.74, 6) is 0. The number of carbonyl (C=O) groups excluding carboxylic acids is 1. The summed E-state index contributed by atoms with van der Waals surface area (Å²) in [5.41, 5.74) is 0.